The van der Waals surface area contributed by atoms with Crippen molar-refractivity contribution in [3.05, 3.63) is 35.4 Å². The largest absolute Gasteiger partial charge is 0.345 e. The second kappa shape index (κ2) is 6.13. The lowest BCUT2D eigenvalue weighted by Crippen LogP contribution is -2.38. The quantitative estimate of drug-likeness (QED) is 0.480. The van der Waals surface area contributed by atoms with Crippen LogP contribution in [0.3, 0.4) is 0 Å². The van der Waals surface area contributed by atoms with E-state index in [0.717, 1.165) is 24.8 Å². The number of rotatable bonds is 4. The number of nitrogens with zero attached hydrogens (tertiary/aromatic N) is 1. The van der Waals surface area contributed by atoms with E-state index in [4.69, 9.17) is 0 Å². The molecule has 100 valence electrons. The number of nitrogens with one attached hydrogen (secondary N) is 2. The van der Waals surface area contributed by atoms with Gasteiger partial charge in [-0.1, -0.05) is 31.2 Å². The van der Waals surface area contributed by atoms with Crippen molar-refractivity contribution in [2.75, 3.05) is 0 Å². The van der Waals surface area contributed by atoms with Gasteiger partial charge in [0.2, 0.25) is 0 Å². The maximum Gasteiger partial charge on any atom is 0.329 e. The summed E-state index contributed by atoms with van der Waals surface area (Å²) in [6.07, 6.45) is 4.40. The summed E-state index contributed by atoms with van der Waals surface area (Å²) in [6, 6.07) is 8.01. The maximum atomic E-state index is 11.4. The van der Waals surface area contributed by atoms with E-state index in [1.54, 1.807) is 0 Å². The summed E-state index contributed by atoms with van der Waals surface area (Å²) >= 11 is 0. The van der Waals surface area contributed by atoms with Crippen LogP contribution in [0.4, 0.5) is 0 Å². The predicted octanol–water partition coefficient (Wildman–Crippen LogP) is 0.978. The standard InChI is InChI=1S/C14H17N3O2/c1-2-10-3-5-11(6-4-10)9-15-17-14(19)13(18)16-12-7-8-12/h3-6,9,12H,2,7-8H2,1H3,(H,16,18)(H,17,19)/b15-9+. The fourth-order valence-corrected chi connectivity index (χ4v) is 1.53. The van der Waals surface area contributed by atoms with Crippen LogP contribution in [0.15, 0.2) is 29.4 Å². The first-order chi connectivity index (χ1) is 9.19. The topological polar surface area (TPSA) is 70.6 Å². The number of amides is 2. The van der Waals surface area contributed by atoms with Gasteiger partial charge in [0, 0.05) is 6.04 Å². The van der Waals surface area contributed by atoms with Gasteiger partial charge < -0.3 is 5.32 Å². The highest BCUT2D eigenvalue weighted by atomic mass is 16.2. The number of hydrogen-bond acceptors (Lipinski definition) is 3. The highest BCUT2D eigenvalue weighted by Gasteiger charge is 2.26. The van der Waals surface area contributed by atoms with E-state index >= 15 is 0 Å². The first-order valence-corrected chi connectivity index (χ1v) is 6.42. The minimum atomic E-state index is -0.728. The molecule has 0 atom stereocenters. The molecule has 2 N–H and O–H groups in total. The lowest BCUT2D eigenvalue weighted by atomic mass is 10.1. The molecule has 0 heterocycles. The highest BCUT2D eigenvalue weighted by molar-refractivity contribution is 6.35. The van der Waals surface area contributed by atoms with Crippen molar-refractivity contribution in [3.8, 4) is 0 Å². The van der Waals surface area contributed by atoms with Crippen LogP contribution in [0.5, 0.6) is 0 Å². The van der Waals surface area contributed by atoms with Gasteiger partial charge in [-0.15, -0.1) is 0 Å². The fraction of sp³-hybridized carbons (Fsp3) is 0.357. The maximum absolute atomic E-state index is 11.4. The van der Waals surface area contributed by atoms with Gasteiger partial charge in [0.05, 0.1) is 6.21 Å². The molecular weight excluding hydrogens is 242 g/mol. The minimum absolute atomic E-state index is 0.170. The van der Waals surface area contributed by atoms with Crippen LogP contribution in [-0.2, 0) is 16.0 Å². The summed E-state index contributed by atoms with van der Waals surface area (Å²) < 4.78 is 0. The molecule has 1 aromatic rings. The Labute approximate surface area is 112 Å². The molecule has 1 aliphatic carbocycles. The molecule has 1 aliphatic rings. The number of carbonyl (C=O) groups excluding carboxylic acids is 2. The monoisotopic (exact) mass is 259 g/mol. The molecule has 0 aromatic heterocycles. The first kappa shape index (κ1) is 13.3. The number of hydrazone groups is 1. The van der Waals surface area contributed by atoms with E-state index in [1.807, 2.05) is 24.3 Å². The van der Waals surface area contributed by atoms with E-state index in [0.29, 0.717) is 0 Å². The van der Waals surface area contributed by atoms with Crippen LogP contribution in [0.2, 0.25) is 0 Å². The van der Waals surface area contributed by atoms with E-state index in [1.165, 1.54) is 11.8 Å². The summed E-state index contributed by atoms with van der Waals surface area (Å²) in [5, 5.41) is 6.35. The Morgan fingerprint density at radius 3 is 2.53 bits per heavy atom. The Morgan fingerprint density at radius 1 is 1.26 bits per heavy atom. The van der Waals surface area contributed by atoms with Gasteiger partial charge in [0.25, 0.3) is 0 Å². The van der Waals surface area contributed by atoms with Gasteiger partial charge >= 0.3 is 11.8 Å². The average Bonchev–Trinajstić information content (AvgIpc) is 3.23. The molecule has 0 spiro atoms. The lowest BCUT2D eigenvalue weighted by Gasteiger charge is -2.01. The normalized spacial score (nSPS) is 14.4. The molecule has 1 saturated carbocycles. The van der Waals surface area contributed by atoms with Crippen molar-refractivity contribution in [3.63, 3.8) is 0 Å². The van der Waals surface area contributed by atoms with Crippen LogP contribution in [0.1, 0.15) is 30.9 Å². The van der Waals surface area contributed by atoms with Gasteiger partial charge in [0.15, 0.2) is 0 Å². The third kappa shape index (κ3) is 4.21. The zero-order valence-corrected chi connectivity index (χ0v) is 10.8. The number of hydrogen-bond donors (Lipinski definition) is 2. The molecular formula is C14H17N3O2. The van der Waals surface area contributed by atoms with E-state index in [-0.39, 0.29) is 6.04 Å². The van der Waals surface area contributed by atoms with Gasteiger partial charge in [-0.3, -0.25) is 9.59 Å². The Bertz CT molecular complexity index is 490. The molecule has 1 fully saturated rings. The van der Waals surface area contributed by atoms with Crippen LogP contribution >= 0.6 is 0 Å². The molecule has 0 bridgehead atoms. The Morgan fingerprint density at radius 2 is 1.95 bits per heavy atom. The average molecular weight is 259 g/mol. The predicted molar refractivity (Wildman–Crippen MR) is 72.7 cm³/mol. The van der Waals surface area contributed by atoms with Crippen molar-refractivity contribution in [2.24, 2.45) is 5.10 Å². The molecule has 2 amide bonds. The molecule has 0 aliphatic heterocycles. The van der Waals surface area contributed by atoms with Gasteiger partial charge in [-0.2, -0.15) is 5.10 Å². The fourth-order valence-electron chi connectivity index (χ4n) is 1.53. The second-order valence-corrected chi connectivity index (χ2v) is 4.54. The first-order valence-electron chi connectivity index (χ1n) is 6.42. The summed E-state index contributed by atoms with van der Waals surface area (Å²) in [5.41, 5.74) is 4.33. The number of carbonyl (C=O) groups is 2. The summed E-state index contributed by atoms with van der Waals surface area (Å²) in [4.78, 5) is 22.7. The molecule has 5 nitrogen and oxygen atoms in total. The van der Waals surface area contributed by atoms with Gasteiger partial charge in [0.1, 0.15) is 0 Å². The highest BCUT2D eigenvalue weighted by Crippen LogP contribution is 2.18. The molecule has 19 heavy (non-hydrogen) atoms. The zero-order chi connectivity index (χ0) is 13.7. The summed E-state index contributed by atoms with van der Waals surface area (Å²) in [6.45, 7) is 2.09. The van der Waals surface area contributed by atoms with Crippen LogP contribution in [-0.4, -0.2) is 24.1 Å². The molecule has 0 saturated heterocycles. The van der Waals surface area contributed by atoms with Crippen molar-refractivity contribution in [2.45, 2.75) is 32.2 Å². The van der Waals surface area contributed by atoms with Gasteiger partial charge in [-0.25, -0.2) is 5.43 Å². The van der Waals surface area contributed by atoms with Crippen molar-refractivity contribution >= 4 is 18.0 Å². The van der Waals surface area contributed by atoms with Gasteiger partial charge in [-0.05, 0) is 30.4 Å². The SMILES string of the molecule is CCc1ccc(/C=N/NC(=O)C(=O)NC2CC2)cc1. The van der Waals surface area contributed by atoms with Crippen LogP contribution in [0, 0.1) is 0 Å². The molecule has 0 radical (unpaired) electrons. The van der Waals surface area contributed by atoms with Crippen LogP contribution < -0.4 is 10.7 Å². The molecule has 2 rings (SSSR count). The van der Waals surface area contributed by atoms with Crippen molar-refractivity contribution in [1.29, 1.82) is 0 Å². The summed E-state index contributed by atoms with van der Waals surface area (Å²) in [7, 11) is 0. The van der Waals surface area contributed by atoms with E-state index < -0.39 is 11.8 Å². The van der Waals surface area contributed by atoms with Crippen molar-refractivity contribution in [1.82, 2.24) is 10.7 Å². The van der Waals surface area contributed by atoms with E-state index in [9.17, 15) is 9.59 Å². The zero-order valence-electron chi connectivity index (χ0n) is 10.8. The molecule has 5 heteroatoms. The molecule has 0 unspecified atom stereocenters. The van der Waals surface area contributed by atoms with E-state index in [2.05, 4.69) is 22.8 Å². The Balaban J connectivity index is 1.80. The smallest absolute Gasteiger partial charge is 0.329 e. The van der Waals surface area contributed by atoms with Crippen molar-refractivity contribution < 1.29 is 9.59 Å². The Hall–Kier alpha value is -2.17. The Kier molecular flexibility index (Phi) is 4.28. The molecule has 1 aromatic carbocycles. The number of aryl methyl sites for hydroxylation is 1. The minimum Gasteiger partial charge on any atom is -0.345 e. The summed E-state index contributed by atoms with van der Waals surface area (Å²) in [5.74, 6) is -1.35. The lowest BCUT2D eigenvalue weighted by molar-refractivity contribution is -0.139. The third-order valence-corrected chi connectivity index (χ3v) is 2.89. The number of benzene rings is 1. The second-order valence-electron chi connectivity index (χ2n) is 4.54. The van der Waals surface area contributed by atoms with Crippen LogP contribution in [0.25, 0.3) is 0 Å². The third-order valence-electron chi connectivity index (χ3n) is 2.89.